The van der Waals surface area contributed by atoms with E-state index < -0.39 is 12.1 Å². The Morgan fingerprint density at radius 1 is 1.16 bits per heavy atom. The third-order valence-electron chi connectivity index (χ3n) is 3.37. The Morgan fingerprint density at radius 3 is 2.52 bits per heavy atom. The van der Waals surface area contributed by atoms with Gasteiger partial charge in [-0.3, -0.25) is 4.79 Å². The van der Waals surface area contributed by atoms with Gasteiger partial charge in [-0.15, -0.1) is 0 Å². The summed E-state index contributed by atoms with van der Waals surface area (Å²) in [5.41, 5.74) is 1.33. The van der Waals surface area contributed by atoms with Crippen LogP contribution in [0.3, 0.4) is 0 Å². The summed E-state index contributed by atoms with van der Waals surface area (Å²) in [6.45, 7) is 4.01. The molecule has 1 atom stereocenters. The molecule has 2 aromatic carbocycles. The first-order valence-electron chi connectivity index (χ1n) is 7.91. The van der Waals surface area contributed by atoms with Crippen LogP contribution >= 0.6 is 15.9 Å². The molecule has 0 heterocycles. The number of carbonyl (C=O) groups excluding carboxylic acids is 2. The van der Waals surface area contributed by atoms with Gasteiger partial charge in [0.25, 0.3) is 0 Å². The number of Topliss-reactive ketones (excluding diaryl/α,β-unsaturated/α-hetero) is 1. The molecule has 0 radical (unpaired) electrons. The van der Waals surface area contributed by atoms with Gasteiger partial charge in [0.1, 0.15) is 5.75 Å². The highest BCUT2D eigenvalue weighted by Crippen LogP contribution is 2.15. The molecular formula is C20H19BrO4. The van der Waals surface area contributed by atoms with Crippen LogP contribution in [0.4, 0.5) is 0 Å². The first-order chi connectivity index (χ1) is 12.0. The molecule has 0 spiro atoms. The zero-order valence-electron chi connectivity index (χ0n) is 14.1. The van der Waals surface area contributed by atoms with Gasteiger partial charge in [-0.2, -0.15) is 0 Å². The lowest BCUT2D eigenvalue weighted by Gasteiger charge is -2.11. The van der Waals surface area contributed by atoms with Crippen LogP contribution in [0, 0.1) is 0 Å². The monoisotopic (exact) mass is 402 g/mol. The van der Waals surface area contributed by atoms with Gasteiger partial charge >= 0.3 is 5.97 Å². The largest absolute Gasteiger partial charge is 0.494 e. The molecule has 0 N–H and O–H groups in total. The number of ketones is 1. The Morgan fingerprint density at radius 2 is 1.88 bits per heavy atom. The van der Waals surface area contributed by atoms with Crippen molar-refractivity contribution in [3.63, 3.8) is 0 Å². The maximum absolute atomic E-state index is 12.3. The number of halogens is 1. The van der Waals surface area contributed by atoms with E-state index in [0.717, 1.165) is 10.0 Å². The summed E-state index contributed by atoms with van der Waals surface area (Å²) in [5.74, 6) is -0.125. The van der Waals surface area contributed by atoms with Crippen LogP contribution in [0.2, 0.25) is 0 Å². The van der Waals surface area contributed by atoms with Gasteiger partial charge in [0.2, 0.25) is 5.78 Å². The summed E-state index contributed by atoms with van der Waals surface area (Å²) >= 11 is 3.37. The lowest BCUT2D eigenvalue weighted by Crippen LogP contribution is -2.23. The molecule has 0 unspecified atom stereocenters. The average molecular weight is 403 g/mol. The molecule has 0 aromatic heterocycles. The quantitative estimate of drug-likeness (QED) is 0.383. The summed E-state index contributed by atoms with van der Waals surface area (Å²) in [6, 6.07) is 14.3. The van der Waals surface area contributed by atoms with Crippen LogP contribution in [0.5, 0.6) is 5.75 Å². The molecule has 25 heavy (non-hydrogen) atoms. The fraction of sp³-hybridized carbons (Fsp3) is 0.200. The maximum Gasteiger partial charge on any atom is 0.331 e. The number of rotatable bonds is 7. The minimum atomic E-state index is -0.863. The van der Waals surface area contributed by atoms with Crippen molar-refractivity contribution in [2.45, 2.75) is 20.0 Å². The van der Waals surface area contributed by atoms with Gasteiger partial charge < -0.3 is 9.47 Å². The molecule has 2 aromatic rings. The molecule has 2 rings (SSSR count). The van der Waals surface area contributed by atoms with Crippen LogP contribution in [0.25, 0.3) is 6.08 Å². The molecule has 0 saturated carbocycles. The number of carbonyl (C=O) groups is 2. The summed E-state index contributed by atoms with van der Waals surface area (Å²) < 4.78 is 11.4. The second-order valence-corrected chi connectivity index (χ2v) is 6.20. The highest BCUT2D eigenvalue weighted by molar-refractivity contribution is 9.10. The fourth-order valence-electron chi connectivity index (χ4n) is 2.16. The van der Waals surface area contributed by atoms with Gasteiger partial charge in [0.15, 0.2) is 6.10 Å². The fourth-order valence-corrected chi connectivity index (χ4v) is 2.58. The second-order valence-electron chi connectivity index (χ2n) is 5.29. The van der Waals surface area contributed by atoms with E-state index in [-0.39, 0.29) is 5.78 Å². The van der Waals surface area contributed by atoms with Gasteiger partial charge in [0, 0.05) is 16.1 Å². The van der Waals surface area contributed by atoms with Gasteiger partial charge in [-0.25, -0.2) is 4.79 Å². The van der Waals surface area contributed by atoms with Crippen LogP contribution in [-0.2, 0) is 9.53 Å². The lowest BCUT2D eigenvalue weighted by atomic mass is 10.1. The van der Waals surface area contributed by atoms with E-state index in [1.54, 1.807) is 37.3 Å². The van der Waals surface area contributed by atoms with E-state index in [0.29, 0.717) is 17.9 Å². The third-order valence-corrected chi connectivity index (χ3v) is 3.87. The molecule has 0 aliphatic carbocycles. The molecule has 0 fully saturated rings. The normalized spacial score (nSPS) is 12.0. The van der Waals surface area contributed by atoms with Gasteiger partial charge in [-0.1, -0.05) is 28.1 Å². The molecule has 0 saturated heterocycles. The number of benzene rings is 2. The molecular weight excluding hydrogens is 384 g/mol. The van der Waals surface area contributed by atoms with Crippen LogP contribution in [0.15, 0.2) is 59.1 Å². The molecule has 130 valence electrons. The maximum atomic E-state index is 12.3. The predicted octanol–water partition coefficient (Wildman–Crippen LogP) is 4.68. The molecule has 4 nitrogen and oxygen atoms in total. The Kier molecular flexibility index (Phi) is 6.95. The zero-order valence-corrected chi connectivity index (χ0v) is 15.7. The Labute approximate surface area is 155 Å². The van der Waals surface area contributed by atoms with E-state index in [2.05, 4.69) is 15.9 Å². The minimum Gasteiger partial charge on any atom is -0.494 e. The molecule has 0 aliphatic rings. The third kappa shape index (κ3) is 5.87. The SMILES string of the molecule is CCOc1ccc(C(=O)[C@@H](C)OC(=O)/C=C/c2cccc(Br)c2)cc1. The second kappa shape index (κ2) is 9.18. The molecule has 5 heteroatoms. The summed E-state index contributed by atoms with van der Waals surface area (Å²) in [7, 11) is 0. The highest BCUT2D eigenvalue weighted by atomic mass is 79.9. The van der Waals surface area contributed by atoms with Crippen molar-refractivity contribution in [2.75, 3.05) is 6.61 Å². The highest BCUT2D eigenvalue weighted by Gasteiger charge is 2.18. The molecule has 0 aliphatic heterocycles. The van der Waals surface area contributed by atoms with Crippen molar-refractivity contribution in [1.82, 2.24) is 0 Å². The average Bonchev–Trinajstić information content (AvgIpc) is 2.60. The lowest BCUT2D eigenvalue weighted by molar-refractivity contribution is -0.140. The summed E-state index contributed by atoms with van der Waals surface area (Å²) in [5, 5.41) is 0. The van der Waals surface area contributed by atoms with E-state index in [9.17, 15) is 9.59 Å². The Balaban J connectivity index is 1.94. The summed E-state index contributed by atoms with van der Waals surface area (Å²) in [6.07, 6.45) is 2.09. The zero-order chi connectivity index (χ0) is 18.2. The Bertz CT molecular complexity index is 766. The first kappa shape index (κ1) is 18.9. The Hall–Kier alpha value is -2.40. The van der Waals surface area contributed by atoms with Crippen molar-refractivity contribution in [2.24, 2.45) is 0 Å². The molecule has 0 bridgehead atoms. The van der Waals surface area contributed by atoms with Crippen molar-refractivity contribution < 1.29 is 19.1 Å². The number of ether oxygens (including phenoxy) is 2. The molecule has 0 amide bonds. The predicted molar refractivity (Wildman–Crippen MR) is 101 cm³/mol. The van der Waals surface area contributed by atoms with Crippen molar-refractivity contribution in [3.8, 4) is 5.75 Å². The van der Waals surface area contributed by atoms with E-state index in [1.165, 1.54) is 6.08 Å². The first-order valence-corrected chi connectivity index (χ1v) is 8.70. The smallest absolute Gasteiger partial charge is 0.331 e. The topological polar surface area (TPSA) is 52.6 Å². The van der Waals surface area contributed by atoms with Crippen molar-refractivity contribution in [3.05, 3.63) is 70.2 Å². The van der Waals surface area contributed by atoms with E-state index in [1.807, 2.05) is 31.2 Å². The van der Waals surface area contributed by atoms with E-state index in [4.69, 9.17) is 9.47 Å². The minimum absolute atomic E-state index is 0.257. The standard InChI is InChI=1S/C20H19BrO4/c1-3-24-18-10-8-16(9-11-18)20(23)14(2)25-19(22)12-7-15-5-4-6-17(21)13-15/h4-14H,3H2,1-2H3/b12-7+/t14-/m1/s1. The number of esters is 1. The van der Waals surface area contributed by atoms with Gasteiger partial charge in [-0.05, 0) is 61.9 Å². The number of hydrogen-bond acceptors (Lipinski definition) is 4. The van der Waals surface area contributed by atoms with Gasteiger partial charge in [0.05, 0.1) is 6.61 Å². The van der Waals surface area contributed by atoms with Crippen LogP contribution in [-0.4, -0.2) is 24.5 Å². The number of hydrogen-bond donors (Lipinski definition) is 0. The van der Waals surface area contributed by atoms with E-state index >= 15 is 0 Å². The van der Waals surface area contributed by atoms with Crippen LogP contribution in [0.1, 0.15) is 29.8 Å². The summed E-state index contributed by atoms with van der Waals surface area (Å²) in [4.78, 5) is 24.2. The van der Waals surface area contributed by atoms with Crippen LogP contribution < -0.4 is 4.74 Å². The van der Waals surface area contributed by atoms with Crippen molar-refractivity contribution >= 4 is 33.8 Å². The van der Waals surface area contributed by atoms with Crippen molar-refractivity contribution in [1.29, 1.82) is 0 Å².